The molecule has 0 saturated carbocycles. The highest BCUT2D eigenvalue weighted by atomic mass is 35.5. The Labute approximate surface area is 76.2 Å². The Bertz CT molecular complexity index is 425. The second-order valence-electron chi connectivity index (χ2n) is 2.36. The highest BCUT2D eigenvalue weighted by Gasteiger charge is 1.98. The number of hydrogen-bond acceptors (Lipinski definition) is 1. The minimum atomic E-state index is 0. The Morgan fingerprint density at radius 2 is 2.00 bits per heavy atom. The van der Waals surface area contributed by atoms with E-state index in [0.29, 0.717) is 5.56 Å². The molecule has 2 nitrogen and oxygen atoms in total. The van der Waals surface area contributed by atoms with E-state index in [1.165, 1.54) is 0 Å². The predicted octanol–water partition coefficient (Wildman–Crippen LogP) is 2.46. The monoisotopic (exact) mass is 178 g/mol. The van der Waals surface area contributed by atoms with Crippen molar-refractivity contribution in [2.45, 2.75) is 0 Å². The van der Waals surface area contributed by atoms with Crippen molar-refractivity contribution < 1.29 is 0 Å². The van der Waals surface area contributed by atoms with Crippen LogP contribution in [0.25, 0.3) is 10.9 Å². The predicted molar refractivity (Wildman–Crippen MR) is 50.3 cm³/mol. The molecule has 1 heterocycles. The maximum absolute atomic E-state index is 8.65. The maximum atomic E-state index is 8.65. The van der Waals surface area contributed by atoms with E-state index in [4.69, 9.17) is 5.26 Å². The molecule has 0 aliphatic heterocycles. The summed E-state index contributed by atoms with van der Waals surface area (Å²) in [5.74, 6) is 0. The minimum absolute atomic E-state index is 0. The van der Waals surface area contributed by atoms with Crippen molar-refractivity contribution in [1.29, 1.82) is 5.26 Å². The summed E-state index contributed by atoms with van der Waals surface area (Å²) in [4.78, 5) is 3.02. The van der Waals surface area contributed by atoms with Gasteiger partial charge in [-0.15, -0.1) is 12.4 Å². The summed E-state index contributed by atoms with van der Waals surface area (Å²) in [6.45, 7) is 0. The molecule has 60 valence electrons. The quantitative estimate of drug-likeness (QED) is 0.662. The first-order chi connectivity index (χ1) is 5.42. The number of aromatic amines is 1. The molecular weight excluding hydrogens is 172 g/mol. The summed E-state index contributed by atoms with van der Waals surface area (Å²) in [7, 11) is 0. The third-order valence-corrected chi connectivity index (χ3v) is 1.71. The van der Waals surface area contributed by atoms with Crippen molar-refractivity contribution in [1.82, 2.24) is 4.98 Å². The first-order valence-electron chi connectivity index (χ1n) is 3.38. The van der Waals surface area contributed by atoms with Crippen LogP contribution in [0.1, 0.15) is 5.56 Å². The largest absolute Gasteiger partial charge is 0.360 e. The number of nitrogens with zero attached hydrogens (tertiary/aromatic N) is 1. The van der Waals surface area contributed by atoms with Crippen LogP contribution >= 0.6 is 12.4 Å². The molecule has 2 rings (SSSR count). The summed E-state index contributed by atoms with van der Waals surface area (Å²) >= 11 is 0. The van der Waals surface area contributed by atoms with Crippen molar-refractivity contribution in [3.05, 3.63) is 36.0 Å². The van der Waals surface area contributed by atoms with Crippen LogP contribution in [0.4, 0.5) is 0 Å². The second kappa shape index (κ2) is 3.29. The highest BCUT2D eigenvalue weighted by molar-refractivity contribution is 5.85. The summed E-state index contributed by atoms with van der Waals surface area (Å²) in [6.07, 6.45) is 1.73. The van der Waals surface area contributed by atoms with Crippen LogP contribution in [0.15, 0.2) is 30.5 Å². The van der Waals surface area contributed by atoms with Gasteiger partial charge in [-0.05, 0) is 6.07 Å². The molecular formula is C9H7ClN2. The average molecular weight is 179 g/mol. The summed E-state index contributed by atoms with van der Waals surface area (Å²) < 4.78 is 0. The van der Waals surface area contributed by atoms with E-state index >= 15 is 0 Å². The van der Waals surface area contributed by atoms with Gasteiger partial charge in [-0.3, -0.25) is 0 Å². The zero-order chi connectivity index (χ0) is 7.68. The van der Waals surface area contributed by atoms with Crippen LogP contribution in [0, 0.1) is 11.3 Å². The van der Waals surface area contributed by atoms with Crippen LogP contribution < -0.4 is 0 Å². The molecule has 0 spiro atoms. The molecule has 3 heteroatoms. The number of hydrogen-bond donors (Lipinski definition) is 1. The number of nitrogens with one attached hydrogen (secondary N) is 1. The third kappa shape index (κ3) is 1.15. The van der Waals surface area contributed by atoms with Gasteiger partial charge in [0.25, 0.3) is 0 Å². The molecule has 1 aromatic carbocycles. The molecule has 0 bridgehead atoms. The maximum Gasteiger partial charge on any atom is 0.101 e. The van der Waals surface area contributed by atoms with Gasteiger partial charge in [0.15, 0.2) is 0 Å². The van der Waals surface area contributed by atoms with Crippen molar-refractivity contribution in [2.75, 3.05) is 0 Å². The standard InChI is InChI=1S/C9H6N2.ClH/c10-5-7-6-11-9-4-2-1-3-8(7)9;/h1-4,6,11H;1H. The summed E-state index contributed by atoms with van der Waals surface area (Å²) in [6, 6.07) is 9.88. The van der Waals surface area contributed by atoms with E-state index in [9.17, 15) is 0 Å². The van der Waals surface area contributed by atoms with E-state index in [0.717, 1.165) is 10.9 Å². The van der Waals surface area contributed by atoms with E-state index < -0.39 is 0 Å². The van der Waals surface area contributed by atoms with Gasteiger partial charge in [-0.2, -0.15) is 5.26 Å². The normalized spacial score (nSPS) is 8.92. The van der Waals surface area contributed by atoms with E-state index in [1.807, 2.05) is 24.3 Å². The highest BCUT2D eigenvalue weighted by Crippen LogP contribution is 2.15. The Balaban J connectivity index is 0.000000720. The van der Waals surface area contributed by atoms with Gasteiger partial charge >= 0.3 is 0 Å². The van der Waals surface area contributed by atoms with Gasteiger partial charge < -0.3 is 4.98 Å². The van der Waals surface area contributed by atoms with Crippen LogP contribution in [0.5, 0.6) is 0 Å². The van der Waals surface area contributed by atoms with Crippen molar-refractivity contribution in [3.63, 3.8) is 0 Å². The number of para-hydroxylation sites is 1. The molecule has 0 fully saturated rings. The number of H-pyrrole nitrogens is 1. The molecule has 0 radical (unpaired) electrons. The average Bonchev–Trinajstić information content (AvgIpc) is 2.47. The van der Waals surface area contributed by atoms with Crippen LogP contribution in [-0.2, 0) is 0 Å². The lowest BCUT2D eigenvalue weighted by atomic mass is 10.2. The van der Waals surface area contributed by atoms with Crippen molar-refractivity contribution >= 4 is 23.3 Å². The van der Waals surface area contributed by atoms with E-state index in [-0.39, 0.29) is 12.4 Å². The Morgan fingerprint density at radius 1 is 1.25 bits per heavy atom. The van der Waals surface area contributed by atoms with Gasteiger partial charge in [0.1, 0.15) is 6.07 Å². The summed E-state index contributed by atoms with van der Waals surface area (Å²) in [5.41, 5.74) is 1.73. The number of halogens is 1. The van der Waals surface area contributed by atoms with E-state index in [2.05, 4.69) is 11.1 Å². The number of fused-ring (bicyclic) bond motifs is 1. The van der Waals surface area contributed by atoms with Gasteiger partial charge in [0.2, 0.25) is 0 Å². The number of benzene rings is 1. The molecule has 1 N–H and O–H groups in total. The Kier molecular flexibility index (Phi) is 2.37. The minimum Gasteiger partial charge on any atom is -0.360 e. The van der Waals surface area contributed by atoms with Crippen molar-refractivity contribution in [2.24, 2.45) is 0 Å². The molecule has 0 amide bonds. The lowest BCUT2D eigenvalue weighted by molar-refractivity contribution is 1.45. The Hall–Kier alpha value is -1.46. The van der Waals surface area contributed by atoms with Gasteiger partial charge in [0.05, 0.1) is 5.56 Å². The fourth-order valence-electron chi connectivity index (χ4n) is 1.16. The first-order valence-corrected chi connectivity index (χ1v) is 3.38. The second-order valence-corrected chi connectivity index (χ2v) is 2.36. The molecule has 12 heavy (non-hydrogen) atoms. The molecule has 1 aromatic heterocycles. The molecule has 0 saturated heterocycles. The molecule has 0 aliphatic rings. The SMILES string of the molecule is Cl.N#Cc1c[nH]c2ccccc12. The lowest BCUT2D eigenvalue weighted by Gasteiger charge is -1.85. The van der Waals surface area contributed by atoms with Gasteiger partial charge in [-0.1, -0.05) is 18.2 Å². The molecule has 0 unspecified atom stereocenters. The number of nitriles is 1. The third-order valence-electron chi connectivity index (χ3n) is 1.71. The number of rotatable bonds is 0. The molecule has 0 aliphatic carbocycles. The fourth-order valence-corrected chi connectivity index (χ4v) is 1.16. The Morgan fingerprint density at radius 3 is 2.75 bits per heavy atom. The van der Waals surface area contributed by atoms with Crippen molar-refractivity contribution in [3.8, 4) is 6.07 Å². The zero-order valence-electron chi connectivity index (χ0n) is 6.24. The zero-order valence-corrected chi connectivity index (χ0v) is 7.06. The van der Waals surface area contributed by atoms with Gasteiger partial charge in [0, 0.05) is 17.1 Å². The van der Waals surface area contributed by atoms with Crippen LogP contribution in [0.2, 0.25) is 0 Å². The lowest BCUT2D eigenvalue weighted by Crippen LogP contribution is -1.66. The topological polar surface area (TPSA) is 39.6 Å². The number of aromatic nitrogens is 1. The van der Waals surface area contributed by atoms with Crippen LogP contribution in [-0.4, -0.2) is 4.98 Å². The van der Waals surface area contributed by atoms with Crippen LogP contribution in [0.3, 0.4) is 0 Å². The molecule has 2 aromatic rings. The first kappa shape index (κ1) is 8.63. The summed E-state index contributed by atoms with van der Waals surface area (Å²) in [5, 5.41) is 9.65. The molecule has 0 atom stereocenters. The smallest absolute Gasteiger partial charge is 0.101 e. The van der Waals surface area contributed by atoms with E-state index in [1.54, 1.807) is 6.20 Å². The van der Waals surface area contributed by atoms with Gasteiger partial charge in [-0.25, -0.2) is 0 Å². The fraction of sp³-hybridized carbons (Fsp3) is 0.